The molecule has 1 fully saturated rings. The van der Waals surface area contributed by atoms with Gasteiger partial charge in [0.2, 0.25) is 5.91 Å². The maximum absolute atomic E-state index is 11.8. The van der Waals surface area contributed by atoms with E-state index in [0.717, 1.165) is 17.7 Å². The summed E-state index contributed by atoms with van der Waals surface area (Å²) >= 11 is 0. The Hall–Kier alpha value is -2.28. The molecule has 1 aliphatic heterocycles. The summed E-state index contributed by atoms with van der Waals surface area (Å²) in [6, 6.07) is 7.67. The van der Waals surface area contributed by atoms with Crippen LogP contribution in [-0.4, -0.2) is 23.5 Å². The molecule has 0 aromatic heterocycles. The van der Waals surface area contributed by atoms with Gasteiger partial charge in [0, 0.05) is 31.0 Å². The smallest absolute Gasteiger partial charge is 0.303 e. The van der Waals surface area contributed by atoms with E-state index in [-0.39, 0.29) is 18.2 Å². The second-order valence-corrected chi connectivity index (χ2v) is 4.99. The topological polar surface area (TPSA) is 57.6 Å². The number of hydrogen-bond acceptors (Lipinski definition) is 2. The number of aliphatic carboxylic acids is 1. The Bertz CT molecular complexity index is 542. The number of carbonyl (C=O) groups is 2. The molecule has 1 aliphatic rings. The van der Waals surface area contributed by atoms with Crippen molar-refractivity contribution in [3.63, 3.8) is 0 Å². The van der Waals surface area contributed by atoms with E-state index in [1.54, 1.807) is 4.90 Å². The first-order valence-electron chi connectivity index (χ1n) is 6.67. The maximum atomic E-state index is 11.8. The predicted molar refractivity (Wildman–Crippen MR) is 76.3 cm³/mol. The molecule has 0 spiro atoms. The van der Waals surface area contributed by atoms with Gasteiger partial charge in [-0.25, -0.2) is 0 Å². The molecule has 4 heteroatoms. The summed E-state index contributed by atoms with van der Waals surface area (Å²) < 4.78 is 0. The largest absolute Gasteiger partial charge is 0.481 e. The Morgan fingerprint density at radius 2 is 2.10 bits per heavy atom. The number of carbonyl (C=O) groups excluding carboxylic acids is 1. The first kappa shape index (κ1) is 14.1. The molecule has 1 unspecified atom stereocenters. The highest BCUT2D eigenvalue weighted by Crippen LogP contribution is 2.25. The van der Waals surface area contributed by atoms with E-state index >= 15 is 0 Å². The van der Waals surface area contributed by atoms with E-state index in [0.29, 0.717) is 19.4 Å². The fourth-order valence-corrected chi connectivity index (χ4v) is 2.36. The zero-order valence-corrected chi connectivity index (χ0v) is 11.2. The van der Waals surface area contributed by atoms with Gasteiger partial charge in [-0.2, -0.15) is 0 Å². The second-order valence-electron chi connectivity index (χ2n) is 4.99. The molecule has 2 rings (SSSR count). The number of aryl methyl sites for hydroxylation is 1. The summed E-state index contributed by atoms with van der Waals surface area (Å²) in [5.74, 6) is 1.91. The van der Waals surface area contributed by atoms with Crippen molar-refractivity contribution in [1.29, 1.82) is 0 Å². The molecule has 1 aromatic rings. The third-order valence-corrected chi connectivity index (χ3v) is 3.46. The van der Waals surface area contributed by atoms with E-state index in [1.807, 2.05) is 24.3 Å². The molecule has 0 saturated carbocycles. The Balaban J connectivity index is 1.96. The average Bonchev–Trinajstić information content (AvgIpc) is 2.80. The molecule has 1 saturated heterocycles. The zero-order chi connectivity index (χ0) is 14.5. The SMILES string of the molecule is C#CC1CC(=O)N(c2ccc(CCCC(=O)O)cc2)C1. The van der Waals surface area contributed by atoms with Crippen LogP contribution >= 0.6 is 0 Å². The Morgan fingerprint density at radius 3 is 2.65 bits per heavy atom. The van der Waals surface area contributed by atoms with Crippen LogP contribution in [0.3, 0.4) is 0 Å². The molecule has 4 nitrogen and oxygen atoms in total. The number of benzene rings is 1. The Kier molecular flexibility index (Phi) is 4.41. The Morgan fingerprint density at radius 1 is 1.40 bits per heavy atom. The highest BCUT2D eigenvalue weighted by molar-refractivity contribution is 5.96. The number of carboxylic acids is 1. The van der Waals surface area contributed by atoms with E-state index in [9.17, 15) is 9.59 Å². The number of nitrogens with zero attached hydrogens (tertiary/aromatic N) is 1. The van der Waals surface area contributed by atoms with Gasteiger partial charge in [-0.3, -0.25) is 9.59 Å². The second kappa shape index (κ2) is 6.25. The first-order chi connectivity index (χ1) is 9.60. The zero-order valence-electron chi connectivity index (χ0n) is 11.2. The lowest BCUT2D eigenvalue weighted by molar-refractivity contribution is -0.137. The number of terminal acetylenes is 1. The maximum Gasteiger partial charge on any atom is 0.303 e. The molecule has 1 N–H and O–H groups in total. The Labute approximate surface area is 118 Å². The molecule has 1 heterocycles. The molecule has 104 valence electrons. The van der Waals surface area contributed by atoms with E-state index in [1.165, 1.54) is 0 Å². The van der Waals surface area contributed by atoms with Gasteiger partial charge in [-0.1, -0.05) is 12.1 Å². The molecule has 20 heavy (non-hydrogen) atoms. The van der Waals surface area contributed by atoms with Gasteiger partial charge in [-0.05, 0) is 30.5 Å². The van der Waals surface area contributed by atoms with Gasteiger partial charge < -0.3 is 10.0 Å². The van der Waals surface area contributed by atoms with Gasteiger partial charge in [0.05, 0.1) is 0 Å². The lowest BCUT2D eigenvalue weighted by atomic mass is 10.1. The normalized spacial score (nSPS) is 18.1. The van der Waals surface area contributed by atoms with Crippen LogP contribution in [0.4, 0.5) is 5.69 Å². The third kappa shape index (κ3) is 3.39. The highest BCUT2D eigenvalue weighted by Gasteiger charge is 2.29. The fourth-order valence-electron chi connectivity index (χ4n) is 2.36. The summed E-state index contributed by atoms with van der Waals surface area (Å²) in [6.07, 6.45) is 7.30. The van der Waals surface area contributed by atoms with E-state index in [4.69, 9.17) is 11.5 Å². The van der Waals surface area contributed by atoms with Crippen LogP contribution in [0.15, 0.2) is 24.3 Å². The van der Waals surface area contributed by atoms with E-state index in [2.05, 4.69) is 5.92 Å². The van der Waals surface area contributed by atoms with Gasteiger partial charge in [0.25, 0.3) is 0 Å². The molecular weight excluding hydrogens is 254 g/mol. The van der Waals surface area contributed by atoms with Crippen molar-refractivity contribution < 1.29 is 14.7 Å². The van der Waals surface area contributed by atoms with Crippen LogP contribution in [0.25, 0.3) is 0 Å². The first-order valence-corrected chi connectivity index (χ1v) is 6.67. The quantitative estimate of drug-likeness (QED) is 0.834. The predicted octanol–water partition coefficient (Wildman–Crippen LogP) is 2.08. The number of carboxylic acid groups (broad SMARTS) is 1. The van der Waals surface area contributed by atoms with Crippen molar-refractivity contribution in [2.45, 2.75) is 25.7 Å². The van der Waals surface area contributed by atoms with Crippen LogP contribution in [0.2, 0.25) is 0 Å². The van der Waals surface area contributed by atoms with Crippen molar-refractivity contribution in [3.8, 4) is 12.3 Å². The van der Waals surface area contributed by atoms with Crippen molar-refractivity contribution in [1.82, 2.24) is 0 Å². The van der Waals surface area contributed by atoms with Gasteiger partial charge in [0.1, 0.15) is 0 Å². The van der Waals surface area contributed by atoms with Crippen molar-refractivity contribution in [2.75, 3.05) is 11.4 Å². The monoisotopic (exact) mass is 271 g/mol. The summed E-state index contributed by atoms with van der Waals surface area (Å²) in [6.45, 7) is 0.577. The fraction of sp³-hybridized carbons (Fsp3) is 0.375. The average molecular weight is 271 g/mol. The summed E-state index contributed by atoms with van der Waals surface area (Å²) in [5, 5.41) is 8.60. The van der Waals surface area contributed by atoms with Gasteiger partial charge >= 0.3 is 5.97 Å². The molecule has 1 atom stereocenters. The molecule has 0 radical (unpaired) electrons. The molecule has 0 bridgehead atoms. The minimum Gasteiger partial charge on any atom is -0.481 e. The number of rotatable bonds is 5. The summed E-state index contributed by atoms with van der Waals surface area (Å²) in [4.78, 5) is 24.0. The molecule has 1 amide bonds. The molecular formula is C16H17NO3. The van der Waals surface area contributed by atoms with Gasteiger partial charge in [-0.15, -0.1) is 12.3 Å². The van der Waals surface area contributed by atoms with Crippen molar-refractivity contribution in [3.05, 3.63) is 29.8 Å². The van der Waals surface area contributed by atoms with Crippen LogP contribution < -0.4 is 4.90 Å². The van der Waals surface area contributed by atoms with Crippen LogP contribution in [0.1, 0.15) is 24.8 Å². The van der Waals surface area contributed by atoms with Gasteiger partial charge in [0.15, 0.2) is 0 Å². The van der Waals surface area contributed by atoms with E-state index < -0.39 is 5.97 Å². The van der Waals surface area contributed by atoms with Crippen molar-refractivity contribution >= 4 is 17.6 Å². The van der Waals surface area contributed by atoms with Crippen LogP contribution in [-0.2, 0) is 16.0 Å². The van der Waals surface area contributed by atoms with Crippen LogP contribution in [0, 0.1) is 18.3 Å². The lowest BCUT2D eigenvalue weighted by Gasteiger charge is -2.16. The highest BCUT2D eigenvalue weighted by atomic mass is 16.4. The minimum absolute atomic E-state index is 0.00209. The standard InChI is InChI=1S/C16H17NO3/c1-2-12-10-15(18)17(11-12)14-8-6-13(7-9-14)4-3-5-16(19)20/h1,6-9,12H,3-5,10-11H2,(H,19,20). The number of anilines is 1. The minimum atomic E-state index is -0.774. The van der Waals surface area contributed by atoms with Crippen LogP contribution in [0.5, 0.6) is 0 Å². The lowest BCUT2D eigenvalue weighted by Crippen LogP contribution is -2.24. The number of hydrogen-bond donors (Lipinski definition) is 1. The summed E-state index contributed by atoms with van der Waals surface area (Å²) in [5.41, 5.74) is 1.94. The summed E-state index contributed by atoms with van der Waals surface area (Å²) in [7, 11) is 0. The molecule has 0 aliphatic carbocycles. The van der Waals surface area contributed by atoms with Crippen molar-refractivity contribution in [2.24, 2.45) is 5.92 Å². The molecule has 1 aromatic carbocycles. The third-order valence-electron chi connectivity index (χ3n) is 3.46. The number of amides is 1.